The van der Waals surface area contributed by atoms with Gasteiger partial charge in [0.05, 0.1) is 13.2 Å². The van der Waals surface area contributed by atoms with Crippen molar-refractivity contribution in [3.05, 3.63) is 59.7 Å². The average molecular weight is 351 g/mol. The van der Waals surface area contributed by atoms with Gasteiger partial charge in [0.15, 0.2) is 17.3 Å². The Balaban J connectivity index is 1.43. The maximum atomic E-state index is 12.4. The van der Waals surface area contributed by atoms with Crippen LogP contribution in [0.1, 0.15) is 15.9 Å². The zero-order chi connectivity index (χ0) is 17.8. The standard InChI is InChI=1S/C21H21NO4/c23-19(17-4-8-20-21(15-17)26-14-13-25-20)7-3-16-1-5-18(6-2-16)22-9-11-24-12-10-22/h1-8,15H,9-14H2/b7-3+. The summed E-state index contributed by atoms with van der Waals surface area (Å²) in [4.78, 5) is 14.7. The lowest BCUT2D eigenvalue weighted by Gasteiger charge is -2.28. The van der Waals surface area contributed by atoms with E-state index in [4.69, 9.17) is 14.2 Å². The molecule has 0 aliphatic carbocycles. The molecular formula is C21H21NO4. The maximum Gasteiger partial charge on any atom is 0.185 e. The van der Waals surface area contributed by atoms with Crippen LogP contribution in [0.2, 0.25) is 0 Å². The predicted molar refractivity (Wildman–Crippen MR) is 100 cm³/mol. The molecule has 2 heterocycles. The summed E-state index contributed by atoms with van der Waals surface area (Å²) < 4.78 is 16.4. The molecule has 0 aromatic heterocycles. The molecule has 2 aromatic carbocycles. The van der Waals surface area contributed by atoms with E-state index in [0.29, 0.717) is 30.3 Å². The minimum atomic E-state index is -0.0563. The molecule has 2 aliphatic rings. The van der Waals surface area contributed by atoms with Gasteiger partial charge in [-0.1, -0.05) is 18.2 Å². The number of allylic oxidation sites excluding steroid dienone is 1. The number of carbonyl (C=O) groups is 1. The molecule has 0 saturated carbocycles. The normalized spacial score (nSPS) is 16.7. The third-order valence-corrected chi connectivity index (χ3v) is 4.52. The lowest BCUT2D eigenvalue weighted by molar-refractivity contribution is 0.104. The summed E-state index contributed by atoms with van der Waals surface area (Å²) in [6.45, 7) is 4.42. The molecule has 5 nitrogen and oxygen atoms in total. The lowest BCUT2D eigenvalue weighted by atomic mass is 10.1. The van der Waals surface area contributed by atoms with E-state index >= 15 is 0 Å². The van der Waals surface area contributed by atoms with Crippen LogP contribution in [0.4, 0.5) is 5.69 Å². The molecular weight excluding hydrogens is 330 g/mol. The summed E-state index contributed by atoms with van der Waals surface area (Å²) in [6, 6.07) is 13.5. The summed E-state index contributed by atoms with van der Waals surface area (Å²) in [5.41, 5.74) is 2.77. The van der Waals surface area contributed by atoms with Crippen LogP contribution in [0, 0.1) is 0 Å². The van der Waals surface area contributed by atoms with Gasteiger partial charge in [0.25, 0.3) is 0 Å². The van der Waals surface area contributed by atoms with Gasteiger partial charge in [-0.2, -0.15) is 0 Å². The number of ether oxygens (including phenoxy) is 3. The Bertz CT molecular complexity index is 807. The van der Waals surface area contributed by atoms with E-state index in [9.17, 15) is 4.79 Å². The molecule has 0 atom stereocenters. The molecule has 134 valence electrons. The Morgan fingerprint density at radius 3 is 2.38 bits per heavy atom. The number of morpholine rings is 1. The average Bonchev–Trinajstić information content (AvgIpc) is 2.72. The van der Waals surface area contributed by atoms with E-state index < -0.39 is 0 Å². The largest absolute Gasteiger partial charge is 0.486 e. The van der Waals surface area contributed by atoms with Gasteiger partial charge in [-0.15, -0.1) is 0 Å². The molecule has 0 radical (unpaired) electrons. The summed E-state index contributed by atoms with van der Waals surface area (Å²) in [5, 5.41) is 0. The van der Waals surface area contributed by atoms with Crippen LogP contribution in [0.3, 0.4) is 0 Å². The lowest BCUT2D eigenvalue weighted by Crippen LogP contribution is -2.36. The topological polar surface area (TPSA) is 48.0 Å². The van der Waals surface area contributed by atoms with Gasteiger partial charge in [-0.05, 0) is 42.0 Å². The summed E-state index contributed by atoms with van der Waals surface area (Å²) in [7, 11) is 0. The molecule has 0 amide bonds. The smallest absolute Gasteiger partial charge is 0.185 e. The highest BCUT2D eigenvalue weighted by Crippen LogP contribution is 2.31. The van der Waals surface area contributed by atoms with Crippen molar-refractivity contribution in [2.24, 2.45) is 0 Å². The molecule has 0 N–H and O–H groups in total. The highest BCUT2D eigenvalue weighted by atomic mass is 16.6. The van der Waals surface area contributed by atoms with Crippen LogP contribution in [0.15, 0.2) is 48.5 Å². The zero-order valence-electron chi connectivity index (χ0n) is 14.5. The van der Waals surface area contributed by atoms with Gasteiger partial charge in [0.2, 0.25) is 0 Å². The van der Waals surface area contributed by atoms with E-state index in [0.717, 1.165) is 31.9 Å². The summed E-state index contributed by atoms with van der Waals surface area (Å²) in [5.74, 6) is 1.26. The second-order valence-electron chi connectivity index (χ2n) is 6.25. The molecule has 0 bridgehead atoms. The molecule has 0 spiro atoms. The van der Waals surface area contributed by atoms with Crippen molar-refractivity contribution in [2.45, 2.75) is 0 Å². The van der Waals surface area contributed by atoms with Crippen LogP contribution in [0.5, 0.6) is 11.5 Å². The van der Waals surface area contributed by atoms with E-state index in [1.807, 2.05) is 18.2 Å². The third-order valence-electron chi connectivity index (χ3n) is 4.52. The SMILES string of the molecule is O=C(/C=C/c1ccc(N2CCOCC2)cc1)c1ccc2c(c1)OCCO2. The van der Waals surface area contributed by atoms with Gasteiger partial charge >= 0.3 is 0 Å². The second-order valence-corrected chi connectivity index (χ2v) is 6.25. The Labute approximate surface area is 152 Å². The number of rotatable bonds is 4. The van der Waals surface area contributed by atoms with Crippen molar-refractivity contribution in [1.82, 2.24) is 0 Å². The van der Waals surface area contributed by atoms with Crippen molar-refractivity contribution < 1.29 is 19.0 Å². The monoisotopic (exact) mass is 351 g/mol. The Hall–Kier alpha value is -2.79. The van der Waals surface area contributed by atoms with Gasteiger partial charge in [0, 0.05) is 24.3 Å². The first-order valence-electron chi connectivity index (χ1n) is 8.84. The highest BCUT2D eigenvalue weighted by Gasteiger charge is 2.14. The molecule has 26 heavy (non-hydrogen) atoms. The molecule has 1 fully saturated rings. The molecule has 2 aliphatic heterocycles. The molecule has 0 unspecified atom stereocenters. The summed E-state index contributed by atoms with van der Waals surface area (Å²) >= 11 is 0. The highest BCUT2D eigenvalue weighted by molar-refractivity contribution is 6.07. The van der Waals surface area contributed by atoms with E-state index in [1.165, 1.54) is 5.69 Å². The summed E-state index contributed by atoms with van der Waals surface area (Å²) in [6.07, 6.45) is 3.43. The number of hydrogen-bond donors (Lipinski definition) is 0. The second kappa shape index (κ2) is 7.62. The molecule has 2 aromatic rings. The number of nitrogens with zero attached hydrogens (tertiary/aromatic N) is 1. The first-order chi connectivity index (χ1) is 12.8. The number of carbonyl (C=O) groups excluding carboxylic acids is 1. The fourth-order valence-electron chi connectivity index (χ4n) is 3.08. The number of ketones is 1. The van der Waals surface area contributed by atoms with E-state index in [1.54, 1.807) is 24.3 Å². The van der Waals surface area contributed by atoms with E-state index in [-0.39, 0.29) is 5.78 Å². The van der Waals surface area contributed by atoms with E-state index in [2.05, 4.69) is 17.0 Å². The third kappa shape index (κ3) is 3.73. The fourth-order valence-corrected chi connectivity index (χ4v) is 3.08. The number of hydrogen-bond acceptors (Lipinski definition) is 5. The fraction of sp³-hybridized carbons (Fsp3) is 0.286. The van der Waals surface area contributed by atoms with Crippen molar-refractivity contribution in [3.8, 4) is 11.5 Å². The molecule has 5 heteroatoms. The van der Waals surface area contributed by atoms with Gasteiger partial charge in [0.1, 0.15) is 13.2 Å². The van der Waals surface area contributed by atoms with Crippen molar-refractivity contribution in [1.29, 1.82) is 0 Å². The van der Waals surface area contributed by atoms with Crippen LogP contribution in [0.25, 0.3) is 6.08 Å². The maximum absolute atomic E-state index is 12.4. The van der Waals surface area contributed by atoms with Gasteiger partial charge < -0.3 is 19.1 Å². The first-order valence-corrected chi connectivity index (χ1v) is 8.84. The number of benzene rings is 2. The Kier molecular flexibility index (Phi) is 4.88. The number of fused-ring (bicyclic) bond motifs is 1. The zero-order valence-corrected chi connectivity index (χ0v) is 14.5. The van der Waals surface area contributed by atoms with Crippen LogP contribution < -0.4 is 14.4 Å². The van der Waals surface area contributed by atoms with Crippen LogP contribution in [-0.4, -0.2) is 45.3 Å². The molecule has 4 rings (SSSR count). The van der Waals surface area contributed by atoms with Crippen LogP contribution >= 0.6 is 0 Å². The van der Waals surface area contributed by atoms with Crippen LogP contribution in [-0.2, 0) is 4.74 Å². The first kappa shape index (κ1) is 16.7. The van der Waals surface area contributed by atoms with Crippen molar-refractivity contribution >= 4 is 17.5 Å². The quantitative estimate of drug-likeness (QED) is 0.625. The van der Waals surface area contributed by atoms with Crippen molar-refractivity contribution in [3.63, 3.8) is 0 Å². The number of anilines is 1. The van der Waals surface area contributed by atoms with Gasteiger partial charge in [-0.25, -0.2) is 0 Å². The minimum absolute atomic E-state index is 0.0563. The predicted octanol–water partition coefficient (Wildman–Crippen LogP) is 3.19. The Morgan fingerprint density at radius 2 is 1.62 bits per heavy atom. The Morgan fingerprint density at radius 1 is 0.885 bits per heavy atom. The van der Waals surface area contributed by atoms with Gasteiger partial charge in [-0.3, -0.25) is 4.79 Å². The molecule has 1 saturated heterocycles. The minimum Gasteiger partial charge on any atom is -0.486 e. The van der Waals surface area contributed by atoms with Crippen molar-refractivity contribution in [2.75, 3.05) is 44.4 Å².